The Kier molecular flexibility index (Phi) is 9.99. The standard InChI is InChI=1S/C29H30F3N9O5/c30-11-25(32)46-20-7-16(6-19(10-20)41-5-1-4-37-41)22(2-3-27(43)44)38-26(42)15-33-28(45)17-8-23(21-14-36-40-24(21)9-17)39-29-34-12-18(31)13-35-29/h1,4-10,14,18,22,25H,2-3,11-13,15H2,(H,33,45)(H,36,40)(H,38,42)(H,43,44)(H2,34,35,39). The highest BCUT2D eigenvalue weighted by molar-refractivity contribution is 6.07. The van der Waals surface area contributed by atoms with Gasteiger partial charge in [0.2, 0.25) is 5.91 Å². The third kappa shape index (κ3) is 8.10. The van der Waals surface area contributed by atoms with Crippen molar-refractivity contribution < 1.29 is 37.4 Å². The number of halogens is 3. The van der Waals surface area contributed by atoms with Crippen LogP contribution in [-0.2, 0) is 9.59 Å². The largest absolute Gasteiger partial charge is 0.481 e. The number of rotatable bonds is 13. The molecule has 242 valence electrons. The summed E-state index contributed by atoms with van der Waals surface area (Å²) in [5.41, 5.74) is 1.90. The number of carboxylic acid groups (broad SMARTS) is 1. The lowest BCUT2D eigenvalue weighted by Gasteiger charge is -2.21. The number of hydrogen-bond acceptors (Lipinski definition) is 9. The summed E-state index contributed by atoms with van der Waals surface area (Å²) in [7, 11) is 0. The normalized spacial score (nSPS) is 15.7. The third-order valence-corrected chi connectivity index (χ3v) is 6.87. The number of hydrogen-bond donors (Lipinski definition) is 6. The first-order chi connectivity index (χ1) is 22.2. The molecule has 2 aromatic heterocycles. The predicted molar refractivity (Wildman–Crippen MR) is 160 cm³/mol. The lowest BCUT2D eigenvalue weighted by atomic mass is 10.0. The van der Waals surface area contributed by atoms with Crippen molar-refractivity contribution in [3.63, 3.8) is 0 Å². The number of aliphatic carboxylic acids is 1. The number of aromatic amines is 1. The number of alkyl halides is 3. The van der Waals surface area contributed by atoms with E-state index in [1.807, 2.05) is 0 Å². The van der Waals surface area contributed by atoms with Crippen molar-refractivity contribution in [3.8, 4) is 11.4 Å². The first-order valence-electron chi connectivity index (χ1n) is 14.2. The number of ether oxygens (including phenoxy) is 1. The Labute approximate surface area is 259 Å². The van der Waals surface area contributed by atoms with Crippen molar-refractivity contribution >= 4 is 40.3 Å². The van der Waals surface area contributed by atoms with Gasteiger partial charge in [0.1, 0.15) is 11.9 Å². The molecule has 2 amide bonds. The zero-order valence-corrected chi connectivity index (χ0v) is 24.2. The van der Waals surface area contributed by atoms with Crippen LogP contribution in [0.15, 0.2) is 60.0 Å². The Hall–Kier alpha value is -5.61. The van der Waals surface area contributed by atoms with Gasteiger partial charge < -0.3 is 31.1 Å². The van der Waals surface area contributed by atoms with E-state index in [1.54, 1.807) is 30.6 Å². The fraction of sp³-hybridized carbons (Fsp3) is 0.310. The van der Waals surface area contributed by atoms with Crippen LogP contribution in [-0.4, -0.2) is 87.7 Å². The Morgan fingerprint density at radius 2 is 2.04 bits per heavy atom. The molecule has 0 aliphatic carbocycles. The molecule has 17 heteroatoms. The second kappa shape index (κ2) is 14.4. The van der Waals surface area contributed by atoms with Gasteiger partial charge in [-0.25, -0.2) is 18.5 Å². The smallest absolute Gasteiger partial charge is 0.303 e. The van der Waals surface area contributed by atoms with Gasteiger partial charge >= 0.3 is 5.97 Å². The summed E-state index contributed by atoms with van der Waals surface area (Å²) in [6.45, 7) is -1.80. The number of nitrogens with one attached hydrogen (secondary N) is 5. The molecule has 0 saturated carbocycles. The molecule has 46 heavy (non-hydrogen) atoms. The second-order valence-corrected chi connectivity index (χ2v) is 10.3. The van der Waals surface area contributed by atoms with E-state index in [2.05, 4.69) is 41.6 Å². The lowest BCUT2D eigenvalue weighted by molar-refractivity contribution is -0.137. The van der Waals surface area contributed by atoms with Gasteiger partial charge in [-0.3, -0.25) is 19.5 Å². The molecule has 14 nitrogen and oxygen atoms in total. The van der Waals surface area contributed by atoms with Crippen molar-refractivity contribution in [2.75, 3.05) is 31.6 Å². The van der Waals surface area contributed by atoms with Gasteiger partial charge in [0.05, 0.1) is 48.8 Å². The summed E-state index contributed by atoms with van der Waals surface area (Å²) >= 11 is 0. The lowest BCUT2D eigenvalue weighted by Crippen LogP contribution is -2.41. The Morgan fingerprint density at radius 1 is 1.20 bits per heavy atom. The highest BCUT2D eigenvalue weighted by Crippen LogP contribution is 2.28. The van der Waals surface area contributed by atoms with Crippen LogP contribution >= 0.6 is 0 Å². The van der Waals surface area contributed by atoms with Gasteiger partial charge in [0.25, 0.3) is 12.3 Å². The molecule has 2 aromatic carbocycles. The summed E-state index contributed by atoms with van der Waals surface area (Å²) in [4.78, 5) is 41.7. The van der Waals surface area contributed by atoms with Crippen molar-refractivity contribution in [2.45, 2.75) is 31.4 Å². The first-order valence-corrected chi connectivity index (χ1v) is 14.2. The van der Waals surface area contributed by atoms with Gasteiger partial charge in [-0.15, -0.1) is 0 Å². The molecule has 0 spiro atoms. The van der Waals surface area contributed by atoms with Crippen LogP contribution in [0.5, 0.6) is 5.75 Å². The van der Waals surface area contributed by atoms with Gasteiger partial charge in [0.15, 0.2) is 12.6 Å². The molecule has 3 unspecified atom stereocenters. The fourth-order valence-electron chi connectivity index (χ4n) is 4.72. The van der Waals surface area contributed by atoms with Crippen LogP contribution in [0.3, 0.4) is 0 Å². The number of H-pyrrole nitrogens is 1. The third-order valence-electron chi connectivity index (χ3n) is 6.87. The van der Waals surface area contributed by atoms with Crippen LogP contribution in [0.25, 0.3) is 16.6 Å². The molecule has 3 atom stereocenters. The number of guanidine groups is 1. The van der Waals surface area contributed by atoms with Crippen molar-refractivity contribution in [1.82, 2.24) is 35.9 Å². The van der Waals surface area contributed by atoms with Gasteiger partial charge in [-0.1, -0.05) is 0 Å². The topological polar surface area (TPSA) is 188 Å². The molecule has 1 aliphatic rings. The molecular weight excluding hydrogens is 611 g/mol. The van der Waals surface area contributed by atoms with Crippen LogP contribution in [0.4, 0.5) is 18.9 Å². The van der Waals surface area contributed by atoms with E-state index in [0.29, 0.717) is 33.8 Å². The number of aliphatic imine (C=N–C) groups is 1. The quantitative estimate of drug-likeness (QED) is 0.128. The Morgan fingerprint density at radius 3 is 2.76 bits per heavy atom. The first kappa shape index (κ1) is 31.8. The molecule has 3 heterocycles. The summed E-state index contributed by atoms with van der Waals surface area (Å²) in [6, 6.07) is 8.20. The zero-order valence-electron chi connectivity index (χ0n) is 24.2. The summed E-state index contributed by atoms with van der Waals surface area (Å²) in [5, 5.41) is 32.0. The number of fused-ring (bicyclic) bond motifs is 1. The van der Waals surface area contributed by atoms with E-state index in [0.717, 1.165) is 0 Å². The highest BCUT2D eigenvalue weighted by Gasteiger charge is 2.21. The monoisotopic (exact) mass is 641 g/mol. The van der Waals surface area contributed by atoms with Crippen LogP contribution in [0.2, 0.25) is 0 Å². The number of aromatic nitrogens is 4. The molecule has 0 bridgehead atoms. The fourth-order valence-corrected chi connectivity index (χ4v) is 4.72. The number of carboxylic acids is 1. The summed E-state index contributed by atoms with van der Waals surface area (Å²) in [6.07, 6.45) is 0.914. The van der Waals surface area contributed by atoms with E-state index in [9.17, 15) is 32.7 Å². The number of carbonyl (C=O) groups is 3. The Balaban J connectivity index is 1.31. The van der Waals surface area contributed by atoms with E-state index >= 15 is 0 Å². The van der Waals surface area contributed by atoms with E-state index < -0.39 is 49.6 Å². The molecule has 0 radical (unpaired) electrons. The maximum absolute atomic E-state index is 13.8. The van der Waals surface area contributed by atoms with E-state index in [-0.39, 0.29) is 37.2 Å². The van der Waals surface area contributed by atoms with Gasteiger partial charge in [0, 0.05) is 35.8 Å². The van der Waals surface area contributed by atoms with Crippen molar-refractivity contribution in [2.24, 2.45) is 4.99 Å². The average Bonchev–Trinajstić information content (AvgIpc) is 3.76. The molecule has 1 aliphatic heterocycles. The minimum Gasteiger partial charge on any atom is -0.481 e. The molecule has 0 fully saturated rings. The minimum atomic E-state index is -2.24. The second-order valence-electron chi connectivity index (χ2n) is 10.3. The van der Waals surface area contributed by atoms with Crippen LogP contribution in [0.1, 0.15) is 34.8 Å². The molecule has 6 N–H and O–H groups in total. The van der Waals surface area contributed by atoms with Crippen molar-refractivity contribution in [1.29, 1.82) is 0 Å². The number of nitrogens with zero attached hydrogens (tertiary/aromatic N) is 4. The number of benzene rings is 2. The number of amides is 2. The van der Waals surface area contributed by atoms with Crippen molar-refractivity contribution in [3.05, 3.63) is 66.1 Å². The average molecular weight is 642 g/mol. The zero-order chi connectivity index (χ0) is 32.6. The maximum atomic E-state index is 13.8. The molecular formula is C29H30F3N9O5. The number of anilines is 1. The predicted octanol–water partition coefficient (Wildman–Crippen LogP) is 2.55. The van der Waals surface area contributed by atoms with Gasteiger partial charge in [-0.05, 0) is 42.3 Å². The highest BCUT2D eigenvalue weighted by atomic mass is 19.2. The van der Waals surface area contributed by atoms with Crippen LogP contribution in [0, 0.1) is 0 Å². The van der Waals surface area contributed by atoms with Gasteiger partial charge in [-0.2, -0.15) is 14.6 Å². The van der Waals surface area contributed by atoms with Crippen LogP contribution < -0.4 is 26.0 Å². The SMILES string of the molecule is O=C(O)CCC(NC(=O)CNC(=O)c1cc(NC2=NCC(F)CN2)c2cn[nH]c2c1)c1cc(OC(F)CF)cc(-n2cccn2)c1. The van der Waals surface area contributed by atoms with E-state index in [4.69, 9.17) is 4.74 Å². The maximum Gasteiger partial charge on any atom is 0.303 e. The molecule has 0 saturated heterocycles. The molecule has 4 aromatic rings. The minimum absolute atomic E-state index is 0.0114. The Bertz CT molecular complexity index is 1730. The number of carbonyl (C=O) groups excluding carboxylic acids is 2. The summed E-state index contributed by atoms with van der Waals surface area (Å²) in [5.74, 6) is -2.10. The summed E-state index contributed by atoms with van der Waals surface area (Å²) < 4.78 is 46.6. The van der Waals surface area contributed by atoms with E-state index in [1.165, 1.54) is 29.1 Å². The molecule has 5 rings (SSSR count).